The van der Waals surface area contributed by atoms with Crippen LogP contribution in [0.15, 0.2) is 5.38 Å². The van der Waals surface area contributed by atoms with E-state index in [-0.39, 0.29) is 25.2 Å². The van der Waals surface area contributed by atoms with E-state index in [2.05, 4.69) is 10.0 Å². The van der Waals surface area contributed by atoms with Crippen molar-refractivity contribution in [3.63, 3.8) is 0 Å². The number of hydrogen-bond donors (Lipinski definition) is 2. The second kappa shape index (κ2) is 7.14. The Balaban J connectivity index is 2.05. The SMILES string of the molecule is Cc1csc(Cl)c1NC(=O)N1CCOCC1CNS(C)(=O)=O. The zero-order valence-corrected chi connectivity index (χ0v) is 14.6. The number of amides is 2. The van der Waals surface area contributed by atoms with E-state index in [0.717, 1.165) is 11.8 Å². The third-order valence-electron chi connectivity index (χ3n) is 3.23. The van der Waals surface area contributed by atoms with Crippen molar-refractivity contribution in [2.45, 2.75) is 13.0 Å². The van der Waals surface area contributed by atoms with E-state index < -0.39 is 10.0 Å². The zero-order chi connectivity index (χ0) is 16.3. The van der Waals surface area contributed by atoms with Crippen LogP contribution < -0.4 is 10.0 Å². The number of sulfonamides is 1. The van der Waals surface area contributed by atoms with Gasteiger partial charge in [0.05, 0.1) is 31.2 Å². The molecule has 0 spiro atoms. The summed E-state index contributed by atoms with van der Waals surface area (Å²) in [5, 5.41) is 4.65. The van der Waals surface area contributed by atoms with Crippen LogP contribution in [0.2, 0.25) is 4.34 Å². The number of carbonyl (C=O) groups is 1. The molecule has 0 bridgehead atoms. The highest BCUT2D eigenvalue weighted by atomic mass is 35.5. The molecule has 1 saturated heterocycles. The number of ether oxygens (including phenoxy) is 1. The second-order valence-corrected chi connectivity index (χ2v) is 8.36. The third kappa shape index (κ3) is 4.56. The number of carbonyl (C=O) groups excluding carboxylic acids is 1. The first kappa shape index (κ1) is 17.5. The number of nitrogens with one attached hydrogen (secondary N) is 2. The van der Waals surface area contributed by atoms with Gasteiger partial charge in [0.25, 0.3) is 0 Å². The van der Waals surface area contributed by atoms with Crippen molar-refractivity contribution in [2.24, 2.45) is 0 Å². The van der Waals surface area contributed by atoms with Crippen LogP contribution in [0.5, 0.6) is 0 Å². The summed E-state index contributed by atoms with van der Waals surface area (Å²) in [6.45, 7) is 3.07. The minimum absolute atomic E-state index is 0.114. The summed E-state index contributed by atoms with van der Waals surface area (Å²) in [5.74, 6) is 0. The van der Waals surface area contributed by atoms with Crippen LogP contribution >= 0.6 is 22.9 Å². The molecule has 2 N–H and O–H groups in total. The topological polar surface area (TPSA) is 87.7 Å². The lowest BCUT2D eigenvalue weighted by atomic mass is 10.2. The fraction of sp³-hybridized carbons (Fsp3) is 0.583. The molecule has 10 heteroatoms. The van der Waals surface area contributed by atoms with E-state index in [1.54, 1.807) is 4.90 Å². The monoisotopic (exact) mass is 367 g/mol. The van der Waals surface area contributed by atoms with Crippen molar-refractivity contribution in [3.05, 3.63) is 15.3 Å². The number of urea groups is 1. The first-order valence-electron chi connectivity index (χ1n) is 6.61. The predicted octanol–water partition coefficient (Wildman–Crippen LogP) is 1.49. The zero-order valence-electron chi connectivity index (χ0n) is 12.3. The van der Waals surface area contributed by atoms with Crippen molar-refractivity contribution >= 4 is 44.7 Å². The molecule has 0 saturated carbocycles. The minimum Gasteiger partial charge on any atom is -0.377 e. The van der Waals surface area contributed by atoms with Crippen LogP contribution in [0.25, 0.3) is 0 Å². The van der Waals surface area contributed by atoms with Crippen molar-refractivity contribution in [1.29, 1.82) is 0 Å². The van der Waals surface area contributed by atoms with Gasteiger partial charge in [-0.3, -0.25) is 0 Å². The van der Waals surface area contributed by atoms with E-state index in [4.69, 9.17) is 16.3 Å². The molecule has 1 aliphatic heterocycles. The number of morpholine rings is 1. The van der Waals surface area contributed by atoms with E-state index in [9.17, 15) is 13.2 Å². The average molecular weight is 368 g/mol. The van der Waals surface area contributed by atoms with Gasteiger partial charge in [-0.1, -0.05) is 11.6 Å². The van der Waals surface area contributed by atoms with Gasteiger partial charge in [-0.15, -0.1) is 11.3 Å². The summed E-state index contributed by atoms with van der Waals surface area (Å²) in [6, 6.07) is -0.673. The number of halogens is 1. The summed E-state index contributed by atoms with van der Waals surface area (Å²) in [5.41, 5.74) is 1.49. The number of anilines is 1. The second-order valence-electron chi connectivity index (χ2n) is 5.04. The highest BCUT2D eigenvalue weighted by Crippen LogP contribution is 2.32. The molecule has 1 fully saturated rings. The Morgan fingerprint density at radius 1 is 1.59 bits per heavy atom. The molecule has 0 radical (unpaired) electrons. The van der Waals surface area contributed by atoms with Crippen LogP contribution in [0.1, 0.15) is 5.56 Å². The molecule has 2 rings (SSSR count). The lowest BCUT2D eigenvalue weighted by Gasteiger charge is -2.35. The maximum Gasteiger partial charge on any atom is 0.322 e. The van der Waals surface area contributed by atoms with E-state index in [0.29, 0.717) is 23.2 Å². The van der Waals surface area contributed by atoms with Gasteiger partial charge in [0.2, 0.25) is 10.0 Å². The van der Waals surface area contributed by atoms with Gasteiger partial charge >= 0.3 is 6.03 Å². The number of thiophene rings is 1. The Morgan fingerprint density at radius 2 is 2.32 bits per heavy atom. The highest BCUT2D eigenvalue weighted by Gasteiger charge is 2.28. The largest absolute Gasteiger partial charge is 0.377 e. The fourth-order valence-corrected chi connectivity index (χ4v) is 3.63. The van der Waals surface area contributed by atoms with Gasteiger partial charge in [-0.2, -0.15) is 0 Å². The molecule has 124 valence electrons. The Hall–Kier alpha value is -0.870. The van der Waals surface area contributed by atoms with Crippen LogP contribution in [-0.4, -0.2) is 57.9 Å². The first-order chi connectivity index (χ1) is 10.3. The van der Waals surface area contributed by atoms with Crippen LogP contribution in [-0.2, 0) is 14.8 Å². The molecule has 0 aromatic carbocycles. The maximum absolute atomic E-state index is 12.4. The summed E-state index contributed by atoms with van der Waals surface area (Å²) in [7, 11) is -3.32. The molecule has 1 aromatic rings. The number of aryl methyl sites for hydroxylation is 1. The Morgan fingerprint density at radius 3 is 2.91 bits per heavy atom. The van der Waals surface area contributed by atoms with E-state index in [1.165, 1.54) is 11.3 Å². The molecule has 2 heterocycles. The average Bonchev–Trinajstić information content (AvgIpc) is 2.76. The number of nitrogens with zero attached hydrogens (tertiary/aromatic N) is 1. The van der Waals surface area contributed by atoms with Crippen LogP contribution in [0.4, 0.5) is 10.5 Å². The molecule has 7 nitrogen and oxygen atoms in total. The van der Waals surface area contributed by atoms with Crippen molar-refractivity contribution in [1.82, 2.24) is 9.62 Å². The molecule has 1 atom stereocenters. The van der Waals surface area contributed by atoms with Gasteiger partial charge in [-0.05, 0) is 17.9 Å². The Labute approximate surface area is 138 Å². The number of rotatable bonds is 4. The van der Waals surface area contributed by atoms with E-state index in [1.807, 2.05) is 12.3 Å². The fourth-order valence-electron chi connectivity index (χ4n) is 2.08. The van der Waals surface area contributed by atoms with E-state index >= 15 is 0 Å². The summed E-state index contributed by atoms with van der Waals surface area (Å²) in [6.07, 6.45) is 1.08. The first-order valence-corrected chi connectivity index (χ1v) is 9.76. The van der Waals surface area contributed by atoms with Crippen molar-refractivity contribution in [3.8, 4) is 0 Å². The van der Waals surface area contributed by atoms with Crippen LogP contribution in [0, 0.1) is 6.92 Å². The molecule has 1 aromatic heterocycles. The number of hydrogen-bond acceptors (Lipinski definition) is 5. The molecule has 2 amide bonds. The van der Waals surface area contributed by atoms with Crippen molar-refractivity contribution in [2.75, 3.05) is 37.9 Å². The minimum atomic E-state index is -3.32. The quantitative estimate of drug-likeness (QED) is 0.844. The summed E-state index contributed by atoms with van der Waals surface area (Å²) >= 11 is 7.40. The lowest BCUT2D eigenvalue weighted by Crippen LogP contribution is -2.54. The molecule has 1 aliphatic rings. The molecule has 1 unspecified atom stereocenters. The normalized spacial score (nSPS) is 19.2. The molecular weight excluding hydrogens is 350 g/mol. The Kier molecular flexibility index (Phi) is 5.67. The smallest absolute Gasteiger partial charge is 0.322 e. The van der Waals surface area contributed by atoms with Gasteiger partial charge < -0.3 is 15.0 Å². The van der Waals surface area contributed by atoms with Crippen molar-refractivity contribution < 1.29 is 17.9 Å². The van der Waals surface area contributed by atoms with Gasteiger partial charge in [0, 0.05) is 13.1 Å². The standard InChI is InChI=1S/C12H18ClN3O4S2/c1-8-7-21-11(13)10(8)15-12(17)16-3-4-20-6-9(16)5-14-22(2,18)19/h7,9,14H,3-6H2,1-2H3,(H,15,17). The molecular formula is C12H18ClN3O4S2. The highest BCUT2D eigenvalue weighted by molar-refractivity contribution is 7.88. The van der Waals surface area contributed by atoms with Gasteiger partial charge in [0.15, 0.2) is 0 Å². The molecule has 0 aliphatic carbocycles. The lowest BCUT2D eigenvalue weighted by molar-refractivity contribution is 0.0176. The summed E-state index contributed by atoms with van der Waals surface area (Å²) in [4.78, 5) is 14.0. The Bertz CT molecular complexity index is 627. The third-order valence-corrected chi connectivity index (χ3v) is 5.26. The van der Waals surface area contributed by atoms with Gasteiger partial charge in [0.1, 0.15) is 4.34 Å². The predicted molar refractivity (Wildman–Crippen MR) is 87.2 cm³/mol. The van der Waals surface area contributed by atoms with Gasteiger partial charge in [-0.25, -0.2) is 17.9 Å². The van der Waals surface area contributed by atoms with Crippen LogP contribution in [0.3, 0.4) is 0 Å². The maximum atomic E-state index is 12.4. The summed E-state index contributed by atoms with van der Waals surface area (Å²) < 4.78 is 30.7. The molecule has 22 heavy (non-hydrogen) atoms.